The van der Waals surface area contributed by atoms with Gasteiger partial charge in [-0.2, -0.15) is 5.26 Å². The first-order valence-corrected chi connectivity index (χ1v) is 6.12. The number of halogens is 2. The molecule has 2 aromatic carbocycles. The van der Waals surface area contributed by atoms with Gasteiger partial charge in [0.1, 0.15) is 6.07 Å². The zero-order chi connectivity index (χ0) is 14.3. The zero-order valence-corrected chi connectivity index (χ0v) is 10.8. The Bertz CT molecular complexity index is 918. The van der Waals surface area contributed by atoms with E-state index in [1.54, 1.807) is 22.8 Å². The van der Waals surface area contributed by atoms with Crippen LogP contribution in [0.25, 0.3) is 16.7 Å². The Labute approximate surface area is 117 Å². The van der Waals surface area contributed by atoms with E-state index in [0.29, 0.717) is 27.1 Å². The normalized spacial score (nSPS) is 10.7. The Balaban J connectivity index is 2.37. The monoisotopic (exact) mass is 287 g/mol. The van der Waals surface area contributed by atoms with E-state index in [4.69, 9.17) is 17.5 Å². The second-order valence-electron chi connectivity index (χ2n) is 4.18. The highest BCUT2D eigenvalue weighted by Crippen LogP contribution is 2.23. The molecule has 1 heterocycles. The number of benzene rings is 2. The van der Waals surface area contributed by atoms with Gasteiger partial charge in [-0.15, -0.1) is 0 Å². The Morgan fingerprint density at radius 1 is 1.15 bits per heavy atom. The van der Waals surface area contributed by atoms with Crippen molar-refractivity contribution in [2.24, 2.45) is 0 Å². The molecule has 3 rings (SSSR count). The minimum absolute atomic E-state index is 0.314. The van der Waals surface area contributed by atoms with Crippen molar-refractivity contribution < 1.29 is 8.78 Å². The maximum atomic E-state index is 13.4. The standard InChI is InChI=1S/C14H7F2N3S/c15-10-5-4-9(6-11(10)16)19-12-3-1-2-8(7-17)13(12)18-14(19)20/h1-6H,(H,18,20). The molecule has 3 aromatic rings. The number of para-hydroxylation sites is 1. The van der Waals surface area contributed by atoms with Gasteiger partial charge in [0.2, 0.25) is 0 Å². The molecule has 0 aliphatic carbocycles. The molecule has 0 aliphatic heterocycles. The summed E-state index contributed by atoms with van der Waals surface area (Å²) in [6.07, 6.45) is 0. The Hall–Kier alpha value is -2.52. The first-order chi connectivity index (χ1) is 9.61. The number of H-pyrrole nitrogens is 1. The van der Waals surface area contributed by atoms with Gasteiger partial charge >= 0.3 is 0 Å². The zero-order valence-electron chi connectivity index (χ0n) is 10.0. The quantitative estimate of drug-likeness (QED) is 0.691. The predicted molar refractivity (Wildman–Crippen MR) is 73.1 cm³/mol. The number of hydrogen-bond acceptors (Lipinski definition) is 2. The first kappa shape index (κ1) is 12.5. The fraction of sp³-hybridized carbons (Fsp3) is 0. The topological polar surface area (TPSA) is 44.5 Å². The van der Waals surface area contributed by atoms with Crippen LogP contribution in [0.15, 0.2) is 36.4 Å². The van der Waals surface area contributed by atoms with Gasteiger partial charge in [-0.25, -0.2) is 8.78 Å². The summed E-state index contributed by atoms with van der Waals surface area (Å²) in [6.45, 7) is 0. The molecule has 0 radical (unpaired) electrons. The highest BCUT2D eigenvalue weighted by molar-refractivity contribution is 7.71. The van der Waals surface area contributed by atoms with Gasteiger partial charge < -0.3 is 4.98 Å². The van der Waals surface area contributed by atoms with E-state index in [-0.39, 0.29) is 0 Å². The Kier molecular flexibility index (Phi) is 2.84. The summed E-state index contributed by atoms with van der Waals surface area (Å²) in [6, 6.07) is 10.7. The average Bonchev–Trinajstić information content (AvgIpc) is 2.78. The van der Waals surface area contributed by atoms with Crippen LogP contribution in [0.4, 0.5) is 8.78 Å². The number of nitriles is 1. The SMILES string of the molecule is N#Cc1cccc2c1[nH]c(=S)n2-c1ccc(F)c(F)c1. The van der Waals surface area contributed by atoms with Crippen LogP contribution >= 0.6 is 12.2 Å². The lowest BCUT2D eigenvalue weighted by Crippen LogP contribution is -1.96. The maximum Gasteiger partial charge on any atom is 0.182 e. The van der Waals surface area contributed by atoms with Crippen LogP contribution in [0, 0.1) is 27.7 Å². The van der Waals surface area contributed by atoms with Gasteiger partial charge in [0.25, 0.3) is 0 Å². The van der Waals surface area contributed by atoms with Gasteiger partial charge in [0, 0.05) is 6.07 Å². The van der Waals surface area contributed by atoms with E-state index >= 15 is 0 Å². The van der Waals surface area contributed by atoms with Gasteiger partial charge in [-0.05, 0) is 36.5 Å². The average molecular weight is 287 g/mol. The van der Waals surface area contributed by atoms with E-state index in [1.165, 1.54) is 6.07 Å². The van der Waals surface area contributed by atoms with Crippen LogP contribution in [0.1, 0.15) is 5.56 Å². The van der Waals surface area contributed by atoms with E-state index in [9.17, 15) is 8.78 Å². The van der Waals surface area contributed by atoms with Crippen molar-refractivity contribution in [3.8, 4) is 11.8 Å². The summed E-state index contributed by atoms with van der Waals surface area (Å²) in [7, 11) is 0. The van der Waals surface area contributed by atoms with E-state index < -0.39 is 11.6 Å². The minimum Gasteiger partial charge on any atom is -0.329 e. The Morgan fingerprint density at radius 2 is 1.95 bits per heavy atom. The second-order valence-corrected chi connectivity index (χ2v) is 4.56. The van der Waals surface area contributed by atoms with Crippen LogP contribution in [-0.2, 0) is 0 Å². The molecule has 0 spiro atoms. The maximum absolute atomic E-state index is 13.4. The van der Waals surface area contributed by atoms with Crippen LogP contribution in [0.5, 0.6) is 0 Å². The number of imidazole rings is 1. The molecular weight excluding hydrogens is 280 g/mol. The molecule has 0 saturated carbocycles. The van der Waals surface area contributed by atoms with Crippen molar-refractivity contribution in [1.29, 1.82) is 5.26 Å². The van der Waals surface area contributed by atoms with Gasteiger partial charge in [-0.3, -0.25) is 4.57 Å². The van der Waals surface area contributed by atoms with Gasteiger partial charge in [0.15, 0.2) is 16.4 Å². The van der Waals surface area contributed by atoms with Crippen molar-refractivity contribution >= 4 is 23.3 Å². The Morgan fingerprint density at radius 3 is 2.65 bits per heavy atom. The molecule has 0 fully saturated rings. The van der Waals surface area contributed by atoms with Crippen molar-refractivity contribution in [1.82, 2.24) is 9.55 Å². The van der Waals surface area contributed by atoms with Crippen LogP contribution in [0.3, 0.4) is 0 Å². The number of hydrogen-bond donors (Lipinski definition) is 1. The molecule has 0 amide bonds. The van der Waals surface area contributed by atoms with E-state index in [2.05, 4.69) is 11.1 Å². The second kappa shape index (κ2) is 4.54. The molecule has 98 valence electrons. The van der Waals surface area contributed by atoms with Crippen molar-refractivity contribution in [3.05, 3.63) is 58.4 Å². The van der Waals surface area contributed by atoms with Crippen molar-refractivity contribution in [3.63, 3.8) is 0 Å². The predicted octanol–water partition coefficient (Wildman–Crippen LogP) is 3.84. The van der Waals surface area contributed by atoms with E-state index in [1.807, 2.05) is 0 Å². The lowest BCUT2D eigenvalue weighted by Gasteiger charge is -2.05. The number of nitrogens with zero attached hydrogens (tertiary/aromatic N) is 2. The number of nitrogens with one attached hydrogen (secondary N) is 1. The highest BCUT2D eigenvalue weighted by atomic mass is 32.1. The number of aromatic nitrogens is 2. The largest absolute Gasteiger partial charge is 0.329 e. The minimum atomic E-state index is -0.949. The van der Waals surface area contributed by atoms with Gasteiger partial charge in [-0.1, -0.05) is 6.07 Å². The van der Waals surface area contributed by atoms with Crippen molar-refractivity contribution in [2.75, 3.05) is 0 Å². The van der Waals surface area contributed by atoms with Gasteiger partial charge in [0.05, 0.1) is 22.3 Å². The van der Waals surface area contributed by atoms with Crippen LogP contribution < -0.4 is 0 Å². The summed E-state index contributed by atoms with van der Waals surface area (Å²) in [4.78, 5) is 2.92. The molecule has 0 atom stereocenters. The summed E-state index contributed by atoms with van der Waals surface area (Å²) < 4.78 is 28.3. The molecule has 3 nitrogen and oxygen atoms in total. The third-order valence-electron chi connectivity index (χ3n) is 3.00. The summed E-state index contributed by atoms with van der Waals surface area (Å²) in [5.74, 6) is -1.87. The smallest absolute Gasteiger partial charge is 0.182 e. The molecule has 0 saturated heterocycles. The highest BCUT2D eigenvalue weighted by Gasteiger charge is 2.11. The molecule has 6 heteroatoms. The molecule has 20 heavy (non-hydrogen) atoms. The fourth-order valence-electron chi connectivity index (χ4n) is 2.10. The molecule has 1 aromatic heterocycles. The first-order valence-electron chi connectivity index (χ1n) is 5.71. The number of aromatic amines is 1. The fourth-order valence-corrected chi connectivity index (χ4v) is 2.41. The van der Waals surface area contributed by atoms with Crippen LogP contribution in [0.2, 0.25) is 0 Å². The molecular formula is C14H7F2N3S. The summed E-state index contributed by atoms with van der Waals surface area (Å²) in [5.41, 5.74) is 2.05. The molecule has 1 N–H and O–H groups in total. The molecule has 0 bridgehead atoms. The lowest BCUT2D eigenvalue weighted by molar-refractivity contribution is 0.508. The number of rotatable bonds is 1. The van der Waals surface area contributed by atoms with E-state index in [0.717, 1.165) is 12.1 Å². The summed E-state index contributed by atoms with van der Waals surface area (Å²) in [5, 5.41) is 9.06. The third kappa shape index (κ3) is 1.80. The lowest BCUT2D eigenvalue weighted by atomic mass is 10.2. The molecule has 0 aliphatic rings. The number of fused-ring (bicyclic) bond motifs is 1. The van der Waals surface area contributed by atoms with Crippen LogP contribution in [-0.4, -0.2) is 9.55 Å². The molecule has 0 unspecified atom stereocenters. The third-order valence-corrected chi connectivity index (χ3v) is 3.28. The summed E-state index contributed by atoms with van der Waals surface area (Å²) >= 11 is 5.20. The van der Waals surface area contributed by atoms with Crippen molar-refractivity contribution in [2.45, 2.75) is 0 Å².